The molecule has 2 heterocycles. The number of hydrogen-bond acceptors (Lipinski definition) is 3. The number of nitrogens with zero attached hydrogens (tertiary/aromatic N) is 2. The quantitative estimate of drug-likeness (QED) is 0.363. The van der Waals surface area contributed by atoms with E-state index >= 15 is 0 Å². The first-order valence-electron chi connectivity index (χ1n) is 9.79. The largest absolute Gasteiger partial charge is 0.356 e. The summed E-state index contributed by atoms with van der Waals surface area (Å²) in [7, 11) is 4.15. The minimum Gasteiger partial charge on any atom is -0.356 e. The molecule has 2 unspecified atom stereocenters. The Morgan fingerprint density at radius 3 is 2.73 bits per heavy atom. The van der Waals surface area contributed by atoms with Crippen LogP contribution in [0.2, 0.25) is 0 Å². The van der Waals surface area contributed by atoms with Crippen LogP contribution in [0.1, 0.15) is 56.4 Å². The molecule has 6 heteroatoms. The van der Waals surface area contributed by atoms with E-state index in [1.807, 2.05) is 18.4 Å². The van der Waals surface area contributed by atoms with Gasteiger partial charge in [0.05, 0.1) is 0 Å². The molecule has 1 aromatic rings. The van der Waals surface area contributed by atoms with Crippen LogP contribution in [0.25, 0.3) is 0 Å². The molecule has 2 atom stereocenters. The predicted octanol–water partition coefficient (Wildman–Crippen LogP) is 4.49. The molecule has 1 aliphatic heterocycles. The summed E-state index contributed by atoms with van der Waals surface area (Å²) >= 11 is 1.89. The molecule has 0 aromatic carbocycles. The molecule has 1 saturated heterocycles. The van der Waals surface area contributed by atoms with Gasteiger partial charge in [0, 0.05) is 31.1 Å². The molecular formula is C20H35IN4S. The van der Waals surface area contributed by atoms with E-state index in [0.717, 1.165) is 19.0 Å². The van der Waals surface area contributed by atoms with Crippen LogP contribution < -0.4 is 10.6 Å². The summed E-state index contributed by atoms with van der Waals surface area (Å²) in [6.45, 7) is 5.63. The van der Waals surface area contributed by atoms with E-state index in [1.54, 1.807) is 0 Å². The zero-order valence-corrected chi connectivity index (χ0v) is 19.6. The van der Waals surface area contributed by atoms with Gasteiger partial charge in [-0.2, -0.15) is 0 Å². The summed E-state index contributed by atoms with van der Waals surface area (Å²) in [5.41, 5.74) is 0.447. The number of guanidine groups is 1. The Bertz CT molecular complexity index is 554. The van der Waals surface area contributed by atoms with Gasteiger partial charge in [-0.15, -0.1) is 35.3 Å². The van der Waals surface area contributed by atoms with Crippen LogP contribution in [0, 0.1) is 11.3 Å². The number of halogens is 1. The number of nitrogens with one attached hydrogen (secondary N) is 2. The third-order valence-electron chi connectivity index (χ3n) is 6.09. The van der Waals surface area contributed by atoms with Gasteiger partial charge in [0.1, 0.15) is 0 Å². The fourth-order valence-corrected chi connectivity index (χ4v) is 5.52. The van der Waals surface area contributed by atoms with Crippen molar-refractivity contribution in [2.75, 3.05) is 33.7 Å². The summed E-state index contributed by atoms with van der Waals surface area (Å²) < 4.78 is 0. The topological polar surface area (TPSA) is 39.7 Å². The monoisotopic (exact) mass is 490 g/mol. The average molecular weight is 490 g/mol. The molecule has 26 heavy (non-hydrogen) atoms. The minimum absolute atomic E-state index is 0. The maximum absolute atomic E-state index is 4.45. The fourth-order valence-electron chi connectivity index (χ4n) is 4.53. The third-order valence-corrected chi connectivity index (χ3v) is 7.03. The Morgan fingerprint density at radius 2 is 2.08 bits per heavy atom. The maximum Gasteiger partial charge on any atom is 0.191 e. The third kappa shape index (κ3) is 5.58. The number of hydrogen-bond donors (Lipinski definition) is 2. The SMILES string of the molecule is CN=C(NCC1CCCN(C)C1c1cccs1)NCC1(C)CCCC1.I. The van der Waals surface area contributed by atoms with E-state index in [0.29, 0.717) is 17.4 Å². The van der Waals surface area contributed by atoms with Gasteiger partial charge < -0.3 is 10.6 Å². The molecule has 0 bridgehead atoms. The summed E-state index contributed by atoms with van der Waals surface area (Å²) in [6.07, 6.45) is 8.00. The van der Waals surface area contributed by atoms with Crippen molar-refractivity contribution in [1.29, 1.82) is 0 Å². The van der Waals surface area contributed by atoms with Gasteiger partial charge in [0.2, 0.25) is 0 Å². The van der Waals surface area contributed by atoms with Crippen LogP contribution in [0.4, 0.5) is 0 Å². The van der Waals surface area contributed by atoms with Gasteiger partial charge in [0.25, 0.3) is 0 Å². The molecule has 2 N–H and O–H groups in total. The Hall–Kier alpha value is -0.340. The molecule has 1 aromatic heterocycles. The summed E-state index contributed by atoms with van der Waals surface area (Å²) in [4.78, 5) is 8.48. The maximum atomic E-state index is 4.45. The zero-order valence-electron chi connectivity index (χ0n) is 16.5. The van der Waals surface area contributed by atoms with Crippen molar-refractivity contribution < 1.29 is 0 Å². The molecule has 4 nitrogen and oxygen atoms in total. The lowest BCUT2D eigenvalue weighted by atomic mass is 9.88. The lowest BCUT2D eigenvalue weighted by Crippen LogP contribution is -2.46. The molecule has 3 rings (SSSR count). The minimum atomic E-state index is 0. The second-order valence-electron chi connectivity index (χ2n) is 8.17. The molecule has 2 fully saturated rings. The highest BCUT2D eigenvalue weighted by molar-refractivity contribution is 14.0. The van der Waals surface area contributed by atoms with E-state index in [-0.39, 0.29) is 24.0 Å². The number of likely N-dealkylation sites (tertiary alicyclic amines) is 1. The van der Waals surface area contributed by atoms with Gasteiger partial charge in [-0.25, -0.2) is 0 Å². The van der Waals surface area contributed by atoms with E-state index in [4.69, 9.17) is 0 Å². The Kier molecular flexibility index (Phi) is 8.67. The van der Waals surface area contributed by atoms with Crippen molar-refractivity contribution >= 4 is 41.3 Å². The van der Waals surface area contributed by atoms with Crippen LogP contribution in [0.3, 0.4) is 0 Å². The molecule has 0 radical (unpaired) electrons. The first-order valence-corrected chi connectivity index (χ1v) is 10.7. The van der Waals surface area contributed by atoms with E-state index in [2.05, 4.69) is 52.0 Å². The van der Waals surface area contributed by atoms with Gasteiger partial charge in [0.15, 0.2) is 5.96 Å². The molecule has 0 amide bonds. The summed E-state index contributed by atoms with van der Waals surface area (Å²) in [5, 5.41) is 9.39. The molecule has 1 saturated carbocycles. The van der Waals surface area contributed by atoms with Crippen molar-refractivity contribution in [1.82, 2.24) is 15.5 Å². The normalized spacial score (nSPS) is 26.3. The highest BCUT2D eigenvalue weighted by Gasteiger charge is 2.32. The Balaban J connectivity index is 0.00000243. The number of thiophene rings is 1. The molecule has 0 spiro atoms. The second kappa shape index (κ2) is 10.3. The summed E-state index contributed by atoms with van der Waals surface area (Å²) in [6, 6.07) is 5.00. The van der Waals surface area contributed by atoms with Crippen molar-refractivity contribution in [3.63, 3.8) is 0 Å². The van der Waals surface area contributed by atoms with Gasteiger partial charge in [-0.3, -0.25) is 9.89 Å². The van der Waals surface area contributed by atoms with Crippen molar-refractivity contribution in [2.24, 2.45) is 16.3 Å². The number of aliphatic imine (C=N–C) groups is 1. The first-order chi connectivity index (χ1) is 12.1. The van der Waals surface area contributed by atoms with Crippen LogP contribution >= 0.6 is 35.3 Å². The van der Waals surface area contributed by atoms with Crippen LogP contribution in [-0.2, 0) is 0 Å². The van der Waals surface area contributed by atoms with Gasteiger partial charge in [-0.05, 0) is 62.1 Å². The van der Waals surface area contributed by atoms with Crippen LogP contribution in [-0.4, -0.2) is 44.6 Å². The van der Waals surface area contributed by atoms with Crippen molar-refractivity contribution in [3.8, 4) is 0 Å². The molecular weight excluding hydrogens is 455 g/mol. The standard InChI is InChI=1S/C20H34N4S.HI/c1-20(10-4-5-11-20)15-23-19(21-2)22-14-16-8-6-12-24(3)18(16)17-9-7-13-25-17;/h7,9,13,16,18H,4-6,8,10-12,14-15H2,1-3H3,(H2,21,22,23);1H. The molecule has 1 aliphatic carbocycles. The second-order valence-corrected chi connectivity index (χ2v) is 9.15. The summed E-state index contributed by atoms with van der Waals surface area (Å²) in [5.74, 6) is 1.60. The van der Waals surface area contributed by atoms with Gasteiger partial charge in [-0.1, -0.05) is 25.8 Å². The van der Waals surface area contributed by atoms with E-state index in [9.17, 15) is 0 Å². The lowest BCUT2D eigenvalue weighted by Gasteiger charge is -2.39. The highest BCUT2D eigenvalue weighted by Crippen LogP contribution is 2.37. The predicted molar refractivity (Wildman–Crippen MR) is 124 cm³/mol. The highest BCUT2D eigenvalue weighted by atomic mass is 127. The number of piperidine rings is 1. The Labute approximate surface area is 180 Å². The first kappa shape index (κ1) is 22.0. The average Bonchev–Trinajstić information content (AvgIpc) is 3.27. The van der Waals surface area contributed by atoms with E-state index < -0.39 is 0 Å². The molecule has 148 valence electrons. The van der Waals surface area contributed by atoms with E-state index in [1.165, 1.54) is 49.9 Å². The Morgan fingerprint density at radius 1 is 1.31 bits per heavy atom. The smallest absolute Gasteiger partial charge is 0.191 e. The fraction of sp³-hybridized carbons (Fsp3) is 0.750. The van der Waals surface area contributed by atoms with Crippen LogP contribution in [0.5, 0.6) is 0 Å². The lowest BCUT2D eigenvalue weighted by molar-refractivity contribution is 0.125. The van der Waals surface area contributed by atoms with Crippen LogP contribution in [0.15, 0.2) is 22.5 Å². The van der Waals surface area contributed by atoms with Gasteiger partial charge >= 0.3 is 0 Å². The molecule has 2 aliphatic rings. The van der Waals surface area contributed by atoms with Crippen molar-refractivity contribution in [3.05, 3.63) is 22.4 Å². The number of rotatable bonds is 5. The zero-order chi connectivity index (χ0) is 17.7. The van der Waals surface area contributed by atoms with Crippen molar-refractivity contribution in [2.45, 2.75) is 51.5 Å².